The number of nitrogens with zero attached hydrogens (tertiary/aromatic N) is 7. The lowest BCUT2D eigenvalue weighted by atomic mass is 10.2. The van der Waals surface area contributed by atoms with Crippen LogP contribution in [-0.4, -0.2) is 47.1 Å². The van der Waals surface area contributed by atoms with Gasteiger partial charge in [0.1, 0.15) is 12.2 Å². The molecule has 1 amide bonds. The molecule has 1 saturated heterocycles. The van der Waals surface area contributed by atoms with Gasteiger partial charge in [0, 0.05) is 19.0 Å². The molecule has 3 heterocycles. The zero-order valence-electron chi connectivity index (χ0n) is 15.1. The summed E-state index contributed by atoms with van der Waals surface area (Å²) in [6, 6.07) is 8.51. The average molecular weight is 353 g/mol. The summed E-state index contributed by atoms with van der Waals surface area (Å²) in [6.07, 6.45) is 3.88. The summed E-state index contributed by atoms with van der Waals surface area (Å²) in [6.45, 7) is 5.60. The second-order valence-corrected chi connectivity index (χ2v) is 6.99. The first-order valence-corrected chi connectivity index (χ1v) is 9.12. The molecule has 136 valence electrons. The largest absolute Gasteiger partial charge is 0.332 e. The number of carbonyl (C=O) groups excluding carboxylic acids is 1. The van der Waals surface area contributed by atoms with Crippen LogP contribution in [0.15, 0.2) is 30.6 Å². The first-order chi connectivity index (χ1) is 12.6. The predicted molar refractivity (Wildman–Crippen MR) is 96.2 cm³/mol. The van der Waals surface area contributed by atoms with E-state index in [2.05, 4.69) is 40.0 Å². The van der Waals surface area contributed by atoms with Crippen LogP contribution in [0.4, 0.5) is 0 Å². The molecule has 8 heteroatoms. The number of benzene rings is 1. The Morgan fingerprint density at radius 2 is 2.15 bits per heavy atom. The second kappa shape index (κ2) is 6.86. The van der Waals surface area contributed by atoms with Gasteiger partial charge in [0.2, 0.25) is 5.91 Å². The summed E-state index contributed by atoms with van der Waals surface area (Å²) < 4.78 is 3.86. The number of para-hydroxylation sites is 2. The Balaban J connectivity index is 1.61. The van der Waals surface area contributed by atoms with Crippen LogP contribution in [0, 0.1) is 0 Å². The van der Waals surface area contributed by atoms with Crippen LogP contribution in [0.25, 0.3) is 11.0 Å². The van der Waals surface area contributed by atoms with Crippen LogP contribution < -0.4 is 0 Å². The van der Waals surface area contributed by atoms with Crippen molar-refractivity contribution in [1.29, 1.82) is 0 Å². The summed E-state index contributed by atoms with van der Waals surface area (Å²) in [7, 11) is 0. The molecule has 0 N–H and O–H groups in total. The summed E-state index contributed by atoms with van der Waals surface area (Å²) in [4.78, 5) is 19.7. The number of hydrogen-bond donors (Lipinski definition) is 0. The Morgan fingerprint density at radius 1 is 1.31 bits per heavy atom. The molecule has 0 unspecified atom stereocenters. The quantitative estimate of drug-likeness (QED) is 0.703. The molecule has 1 aliphatic heterocycles. The standard InChI is InChI=1S/C18H23N7O/c1-13(2)25-15-7-4-3-6-14(15)20-18(25)16-8-5-10-24(16)17(26)9-11-23-12-19-21-22-23/h3-4,6-7,12-13,16H,5,8-11H2,1-2H3/t16-/m1/s1. The number of carbonyl (C=O) groups is 1. The molecule has 1 atom stereocenters. The minimum absolute atomic E-state index is 0.0335. The van der Waals surface area contributed by atoms with Crippen molar-refractivity contribution in [3.63, 3.8) is 0 Å². The van der Waals surface area contributed by atoms with E-state index in [0.29, 0.717) is 13.0 Å². The van der Waals surface area contributed by atoms with Crippen LogP contribution in [0.3, 0.4) is 0 Å². The number of aryl methyl sites for hydroxylation is 1. The van der Waals surface area contributed by atoms with Crippen molar-refractivity contribution < 1.29 is 4.79 Å². The number of fused-ring (bicyclic) bond motifs is 1. The number of rotatable bonds is 5. The fraction of sp³-hybridized carbons (Fsp3) is 0.500. The highest BCUT2D eigenvalue weighted by Crippen LogP contribution is 2.35. The highest BCUT2D eigenvalue weighted by molar-refractivity contribution is 5.78. The Morgan fingerprint density at radius 3 is 2.92 bits per heavy atom. The molecule has 0 radical (unpaired) electrons. The van der Waals surface area contributed by atoms with Crippen molar-refractivity contribution >= 4 is 16.9 Å². The molecule has 1 aromatic carbocycles. The molecule has 0 saturated carbocycles. The molecule has 0 spiro atoms. The summed E-state index contributed by atoms with van der Waals surface area (Å²) >= 11 is 0. The monoisotopic (exact) mass is 353 g/mol. The van der Waals surface area contributed by atoms with Crippen molar-refractivity contribution in [3.8, 4) is 0 Å². The summed E-state index contributed by atoms with van der Waals surface area (Å²) in [5, 5.41) is 11.0. The van der Waals surface area contributed by atoms with Crippen LogP contribution in [-0.2, 0) is 11.3 Å². The number of imidazole rings is 1. The highest BCUT2D eigenvalue weighted by Gasteiger charge is 2.33. The molecule has 3 aromatic rings. The molecule has 26 heavy (non-hydrogen) atoms. The number of tetrazole rings is 1. The lowest BCUT2D eigenvalue weighted by Gasteiger charge is -2.26. The van der Waals surface area contributed by atoms with Gasteiger partial charge in [-0.2, -0.15) is 0 Å². The van der Waals surface area contributed by atoms with E-state index in [1.807, 2.05) is 23.1 Å². The van der Waals surface area contributed by atoms with Gasteiger partial charge >= 0.3 is 0 Å². The number of likely N-dealkylation sites (tertiary alicyclic amines) is 1. The Hall–Kier alpha value is -2.77. The van der Waals surface area contributed by atoms with E-state index in [1.54, 1.807) is 4.68 Å². The molecule has 2 aromatic heterocycles. The molecule has 1 fully saturated rings. The van der Waals surface area contributed by atoms with Crippen molar-refractivity contribution in [2.75, 3.05) is 6.54 Å². The number of aromatic nitrogens is 6. The van der Waals surface area contributed by atoms with Gasteiger partial charge in [-0.05, 0) is 49.2 Å². The summed E-state index contributed by atoms with van der Waals surface area (Å²) in [5.41, 5.74) is 2.12. The van der Waals surface area contributed by atoms with Crippen molar-refractivity contribution in [2.45, 2.75) is 51.7 Å². The van der Waals surface area contributed by atoms with E-state index in [1.165, 1.54) is 6.33 Å². The topological polar surface area (TPSA) is 81.7 Å². The molecule has 0 aliphatic carbocycles. The van der Waals surface area contributed by atoms with Gasteiger partial charge in [-0.3, -0.25) is 4.79 Å². The van der Waals surface area contributed by atoms with E-state index < -0.39 is 0 Å². The fourth-order valence-corrected chi connectivity index (χ4v) is 3.81. The van der Waals surface area contributed by atoms with E-state index in [9.17, 15) is 4.79 Å². The smallest absolute Gasteiger partial charge is 0.225 e. The highest BCUT2D eigenvalue weighted by atomic mass is 16.2. The minimum atomic E-state index is 0.0335. The molecule has 0 bridgehead atoms. The molecule has 8 nitrogen and oxygen atoms in total. The maximum absolute atomic E-state index is 12.8. The third kappa shape index (κ3) is 2.95. The van der Waals surface area contributed by atoms with Gasteiger partial charge in [-0.25, -0.2) is 9.67 Å². The van der Waals surface area contributed by atoms with Gasteiger partial charge in [0.05, 0.1) is 23.6 Å². The van der Waals surface area contributed by atoms with E-state index in [0.717, 1.165) is 36.2 Å². The van der Waals surface area contributed by atoms with Gasteiger partial charge in [-0.15, -0.1) is 5.10 Å². The van der Waals surface area contributed by atoms with Gasteiger partial charge in [0.25, 0.3) is 0 Å². The second-order valence-electron chi connectivity index (χ2n) is 6.99. The number of amides is 1. The van der Waals surface area contributed by atoms with E-state index >= 15 is 0 Å². The first kappa shape index (κ1) is 16.7. The fourth-order valence-electron chi connectivity index (χ4n) is 3.81. The van der Waals surface area contributed by atoms with Gasteiger partial charge in [-0.1, -0.05) is 12.1 Å². The lowest BCUT2D eigenvalue weighted by Crippen LogP contribution is -2.32. The van der Waals surface area contributed by atoms with Crippen molar-refractivity contribution in [1.82, 2.24) is 34.7 Å². The molecule has 1 aliphatic rings. The average Bonchev–Trinajstić information content (AvgIpc) is 3.37. The SMILES string of the molecule is CC(C)n1c([C@H]2CCCN2C(=O)CCn2cnnn2)nc2ccccc21. The van der Waals surface area contributed by atoms with Crippen LogP contribution in [0.1, 0.15) is 51.0 Å². The number of hydrogen-bond acceptors (Lipinski definition) is 5. The molecular formula is C18H23N7O. The third-order valence-corrected chi connectivity index (χ3v) is 4.96. The first-order valence-electron chi connectivity index (χ1n) is 9.12. The van der Waals surface area contributed by atoms with Crippen molar-refractivity contribution in [3.05, 3.63) is 36.4 Å². The Bertz CT molecular complexity index is 900. The van der Waals surface area contributed by atoms with Crippen LogP contribution in [0.2, 0.25) is 0 Å². The minimum Gasteiger partial charge on any atom is -0.332 e. The molecular weight excluding hydrogens is 330 g/mol. The zero-order valence-corrected chi connectivity index (χ0v) is 15.1. The van der Waals surface area contributed by atoms with E-state index in [4.69, 9.17) is 4.98 Å². The summed E-state index contributed by atoms with van der Waals surface area (Å²) in [5.74, 6) is 1.12. The van der Waals surface area contributed by atoms with Gasteiger partial charge < -0.3 is 9.47 Å². The normalized spacial score (nSPS) is 17.5. The maximum atomic E-state index is 12.8. The van der Waals surface area contributed by atoms with Crippen LogP contribution >= 0.6 is 0 Å². The maximum Gasteiger partial charge on any atom is 0.225 e. The lowest BCUT2D eigenvalue weighted by molar-refractivity contribution is -0.132. The third-order valence-electron chi connectivity index (χ3n) is 4.96. The Kier molecular flexibility index (Phi) is 4.40. The zero-order chi connectivity index (χ0) is 18.1. The van der Waals surface area contributed by atoms with Crippen LogP contribution in [0.5, 0.6) is 0 Å². The Labute approximate surface area is 151 Å². The predicted octanol–water partition coefficient (Wildman–Crippen LogP) is 2.36. The van der Waals surface area contributed by atoms with E-state index in [-0.39, 0.29) is 18.0 Å². The van der Waals surface area contributed by atoms with Gasteiger partial charge in [0.15, 0.2) is 0 Å². The van der Waals surface area contributed by atoms with Crippen molar-refractivity contribution in [2.24, 2.45) is 0 Å². The molecule has 4 rings (SSSR count).